The van der Waals surface area contributed by atoms with E-state index in [1.807, 2.05) is 0 Å². The topological polar surface area (TPSA) is 78.3 Å². The number of esters is 1. The van der Waals surface area contributed by atoms with Gasteiger partial charge in [-0.15, -0.1) is 6.58 Å². The molecule has 4 aliphatic carbocycles. The van der Waals surface area contributed by atoms with Crippen molar-refractivity contribution in [2.75, 3.05) is 11.5 Å². The predicted molar refractivity (Wildman–Crippen MR) is 162 cm³/mol. The van der Waals surface area contributed by atoms with Crippen molar-refractivity contribution in [2.45, 2.75) is 111 Å². The van der Waals surface area contributed by atoms with Gasteiger partial charge in [-0.1, -0.05) is 46.6 Å². The second-order valence-corrected chi connectivity index (χ2v) is 14.8. The second-order valence-electron chi connectivity index (χ2n) is 14.8. The molecule has 4 N–H and O–H groups in total. The van der Waals surface area contributed by atoms with Crippen LogP contribution in [0.15, 0.2) is 30.9 Å². The van der Waals surface area contributed by atoms with E-state index in [2.05, 4.69) is 40.3 Å². The molecule has 9 atom stereocenters. The van der Waals surface area contributed by atoms with Crippen LogP contribution in [0.5, 0.6) is 0 Å². The lowest BCUT2D eigenvalue weighted by atomic mass is 9.44. The van der Waals surface area contributed by atoms with Gasteiger partial charge in [0.15, 0.2) is 0 Å². The van der Waals surface area contributed by atoms with Crippen LogP contribution in [0.25, 0.3) is 0 Å². The van der Waals surface area contributed by atoms with E-state index in [0.29, 0.717) is 39.6 Å². The molecule has 4 saturated carbocycles. The first-order chi connectivity index (χ1) is 18.5. The van der Waals surface area contributed by atoms with E-state index < -0.39 is 0 Å². The van der Waals surface area contributed by atoms with Gasteiger partial charge in [-0.25, -0.2) is 4.79 Å². The van der Waals surface area contributed by atoms with E-state index in [4.69, 9.17) is 16.2 Å². The third-order valence-electron chi connectivity index (χ3n) is 12.3. The molecule has 0 heterocycles. The average Bonchev–Trinajstić information content (AvgIpc) is 3.23. The number of carbonyl (C=O) groups is 1. The van der Waals surface area contributed by atoms with Gasteiger partial charge < -0.3 is 16.2 Å². The zero-order valence-corrected chi connectivity index (χ0v) is 25.1. The number of nitrogen functional groups attached to an aromatic ring is 2. The fourth-order valence-corrected chi connectivity index (χ4v) is 10.3. The molecular formula is C35H54N2O2. The third-order valence-corrected chi connectivity index (χ3v) is 12.3. The highest BCUT2D eigenvalue weighted by Crippen LogP contribution is 2.68. The second kappa shape index (κ2) is 11.1. The molecule has 4 fully saturated rings. The maximum Gasteiger partial charge on any atom is 0.338 e. The van der Waals surface area contributed by atoms with Crippen LogP contribution < -0.4 is 11.5 Å². The minimum Gasteiger partial charge on any atom is -0.459 e. The number of hydrogen-bond donors (Lipinski definition) is 2. The Kier molecular flexibility index (Phi) is 8.15. The van der Waals surface area contributed by atoms with Gasteiger partial charge in [0.25, 0.3) is 0 Å². The predicted octanol–water partition coefficient (Wildman–Crippen LogP) is 8.66. The molecule has 39 heavy (non-hydrogen) atoms. The van der Waals surface area contributed by atoms with Gasteiger partial charge in [-0.3, -0.25) is 0 Å². The van der Waals surface area contributed by atoms with Gasteiger partial charge in [0.1, 0.15) is 6.10 Å². The van der Waals surface area contributed by atoms with E-state index in [1.165, 1.54) is 64.2 Å². The van der Waals surface area contributed by atoms with Crippen molar-refractivity contribution >= 4 is 17.3 Å². The van der Waals surface area contributed by atoms with Crippen molar-refractivity contribution in [1.82, 2.24) is 0 Å². The lowest BCUT2D eigenvalue weighted by Crippen LogP contribution is -2.54. The third kappa shape index (κ3) is 5.38. The van der Waals surface area contributed by atoms with Crippen LogP contribution in [0.1, 0.15) is 115 Å². The summed E-state index contributed by atoms with van der Waals surface area (Å²) < 4.78 is 6.04. The summed E-state index contributed by atoms with van der Waals surface area (Å²) in [6.45, 7) is 14.3. The number of ether oxygens (including phenoxy) is 1. The number of carbonyl (C=O) groups excluding carboxylic acids is 1. The van der Waals surface area contributed by atoms with Gasteiger partial charge in [-0.2, -0.15) is 0 Å². The first kappa shape index (κ1) is 28.6. The summed E-state index contributed by atoms with van der Waals surface area (Å²) in [5.74, 6) is 5.21. The Bertz CT molecular complexity index is 1030. The van der Waals surface area contributed by atoms with Crippen LogP contribution in [0.4, 0.5) is 11.4 Å². The van der Waals surface area contributed by atoms with E-state index in [1.54, 1.807) is 18.2 Å². The van der Waals surface area contributed by atoms with Crippen LogP contribution in [0, 0.1) is 52.3 Å². The minimum atomic E-state index is -0.285. The molecule has 0 radical (unpaired) electrons. The average molecular weight is 535 g/mol. The summed E-state index contributed by atoms with van der Waals surface area (Å²) in [5.41, 5.74) is 14.2. The molecule has 0 spiro atoms. The van der Waals surface area contributed by atoms with Crippen LogP contribution in [0.2, 0.25) is 0 Å². The fraction of sp³-hybridized carbons (Fsp3) is 0.743. The number of nitrogens with two attached hydrogens (primary N) is 2. The molecule has 1 aromatic rings. The van der Waals surface area contributed by atoms with Crippen LogP contribution in [0.3, 0.4) is 0 Å². The Morgan fingerprint density at radius 2 is 1.67 bits per heavy atom. The number of hydrogen-bond acceptors (Lipinski definition) is 4. The Labute approximate surface area is 237 Å². The molecule has 0 aromatic heterocycles. The number of allylic oxidation sites excluding steroid dienone is 1. The van der Waals surface area contributed by atoms with Crippen molar-refractivity contribution < 1.29 is 9.53 Å². The maximum atomic E-state index is 12.9. The van der Waals surface area contributed by atoms with Crippen molar-refractivity contribution in [3.8, 4) is 0 Å². The van der Waals surface area contributed by atoms with Gasteiger partial charge in [0.05, 0.1) is 5.56 Å². The summed E-state index contributed by atoms with van der Waals surface area (Å²) in [5, 5.41) is 0. The smallest absolute Gasteiger partial charge is 0.338 e. The fourth-order valence-electron chi connectivity index (χ4n) is 10.3. The van der Waals surface area contributed by atoms with E-state index in [0.717, 1.165) is 42.4 Å². The minimum absolute atomic E-state index is 0.00122. The largest absolute Gasteiger partial charge is 0.459 e. The Morgan fingerprint density at radius 3 is 2.36 bits per heavy atom. The molecule has 0 bridgehead atoms. The number of fused-ring (bicyclic) bond motifs is 5. The van der Waals surface area contributed by atoms with Crippen molar-refractivity contribution in [3.05, 3.63) is 36.4 Å². The Morgan fingerprint density at radius 1 is 0.974 bits per heavy atom. The summed E-state index contributed by atoms with van der Waals surface area (Å²) in [6.07, 6.45) is 17.7. The highest BCUT2D eigenvalue weighted by molar-refractivity contribution is 5.91. The van der Waals surface area contributed by atoms with Gasteiger partial charge >= 0.3 is 5.97 Å². The maximum absolute atomic E-state index is 12.9. The van der Waals surface area contributed by atoms with Crippen LogP contribution in [-0.4, -0.2) is 12.1 Å². The first-order valence-electron chi connectivity index (χ1n) is 16.0. The summed E-state index contributed by atoms with van der Waals surface area (Å²) in [7, 11) is 0. The number of benzene rings is 1. The standard InChI is InChI=1S/C35H54N2O2/c1-6-23(9-7-8-22(2)3)30-12-13-31-29-11-10-25-20-28(39-33(38)24-18-26(36)21-27(37)19-24)14-16-34(25,4)32(29)15-17-35(30,31)5/h6,18-19,21-23,25,28-32H,1,7-17,20,36-37H2,2-5H3. The molecule has 0 amide bonds. The lowest BCUT2D eigenvalue weighted by Gasteiger charge is -2.61. The molecule has 9 unspecified atom stereocenters. The Balaban J connectivity index is 1.24. The molecule has 4 aliphatic rings. The van der Waals surface area contributed by atoms with E-state index in [-0.39, 0.29) is 12.1 Å². The molecule has 5 rings (SSSR count). The van der Waals surface area contributed by atoms with E-state index in [9.17, 15) is 4.79 Å². The van der Waals surface area contributed by atoms with Crippen molar-refractivity contribution in [1.29, 1.82) is 0 Å². The monoisotopic (exact) mass is 534 g/mol. The molecule has 1 aromatic carbocycles. The number of anilines is 2. The van der Waals surface area contributed by atoms with Gasteiger partial charge in [0.2, 0.25) is 0 Å². The van der Waals surface area contributed by atoms with Crippen LogP contribution >= 0.6 is 0 Å². The van der Waals surface area contributed by atoms with Crippen molar-refractivity contribution in [2.24, 2.45) is 52.3 Å². The summed E-state index contributed by atoms with van der Waals surface area (Å²) in [4.78, 5) is 12.9. The summed E-state index contributed by atoms with van der Waals surface area (Å²) in [6, 6.07) is 5.02. The lowest BCUT2D eigenvalue weighted by molar-refractivity contribution is -0.129. The zero-order valence-electron chi connectivity index (χ0n) is 25.1. The Hall–Kier alpha value is -1.97. The summed E-state index contributed by atoms with van der Waals surface area (Å²) >= 11 is 0. The molecule has 0 aliphatic heterocycles. The first-order valence-corrected chi connectivity index (χ1v) is 16.0. The van der Waals surface area contributed by atoms with E-state index >= 15 is 0 Å². The quantitative estimate of drug-likeness (QED) is 0.199. The van der Waals surface area contributed by atoms with Gasteiger partial charge in [-0.05, 0) is 135 Å². The molecule has 216 valence electrons. The molecule has 4 nitrogen and oxygen atoms in total. The number of rotatable bonds is 8. The highest BCUT2D eigenvalue weighted by Gasteiger charge is 2.60. The zero-order chi connectivity index (χ0) is 27.9. The molecule has 0 saturated heterocycles. The van der Waals surface area contributed by atoms with Crippen molar-refractivity contribution in [3.63, 3.8) is 0 Å². The van der Waals surface area contributed by atoms with Gasteiger partial charge in [0, 0.05) is 11.4 Å². The SMILES string of the molecule is C=CC(CCCC(C)C)C1CCC2C3CCC4CC(OC(=O)c5cc(N)cc(N)c5)CCC4(C)C3CCC12C. The normalized spacial score (nSPS) is 38.4. The molecular weight excluding hydrogens is 480 g/mol. The highest BCUT2D eigenvalue weighted by atomic mass is 16.5. The van der Waals surface area contributed by atoms with Crippen LogP contribution in [-0.2, 0) is 4.74 Å². The molecule has 4 heteroatoms.